The Labute approximate surface area is 75.8 Å². The molecule has 1 aliphatic rings. The molecule has 4 heteroatoms. The Morgan fingerprint density at radius 2 is 2.42 bits per heavy atom. The Hall–Kier alpha value is -0.530. The molecule has 1 aliphatic carbocycles. The first-order valence-electron chi connectivity index (χ1n) is 3.83. The van der Waals surface area contributed by atoms with Crippen molar-refractivity contribution in [1.82, 2.24) is 0 Å². The maximum atomic E-state index is 10.7. The maximum Gasteiger partial charge on any atom is 0.188 e. The van der Waals surface area contributed by atoms with Crippen molar-refractivity contribution in [2.75, 3.05) is 0 Å². The smallest absolute Gasteiger partial charge is 0.188 e. The van der Waals surface area contributed by atoms with Crippen molar-refractivity contribution in [2.24, 2.45) is 5.41 Å². The van der Waals surface area contributed by atoms with Crippen molar-refractivity contribution >= 4 is 16.9 Å². The normalized spacial score (nSPS) is 21.1. The summed E-state index contributed by atoms with van der Waals surface area (Å²) in [4.78, 5) is 10.7. The van der Waals surface area contributed by atoms with Crippen LogP contribution in [0.1, 0.15) is 26.2 Å². The zero-order valence-corrected chi connectivity index (χ0v) is 7.73. The van der Waals surface area contributed by atoms with Crippen LogP contribution in [0.25, 0.3) is 0 Å². The molecule has 0 aromatic rings. The molecule has 1 fully saturated rings. The standard InChI is InChI=1S/C8H11NO2S/c1-6(10)12-7(11)8(2-3-8)4-5-9/h7,11H,2-4H2,1H3. The minimum absolute atomic E-state index is 0.0910. The summed E-state index contributed by atoms with van der Waals surface area (Å²) in [5.74, 6) is 0. The first kappa shape index (κ1) is 9.56. The lowest BCUT2D eigenvalue weighted by Crippen LogP contribution is -2.19. The first-order valence-corrected chi connectivity index (χ1v) is 4.71. The van der Waals surface area contributed by atoms with E-state index in [9.17, 15) is 9.90 Å². The highest BCUT2D eigenvalue weighted by Gasteiger charge is 2.49. The summed E-state index contributed by atoms with van der Waals surface area (Å²) < 4.78 is 0. The monoisotopic (exact) mass is 185 g/mol. The van der Waals surface area contributed by atoms with Gasteiger partial charge in [-0.15, -0.1) is 0 Å². The van der Waals surface area contributed by atoms with E-state index in [-0.39, 0.29) is 10.5 Å². The van der Waals surface area contributed by atoms with E-state index in [0.29, 0.717) is 6.42 Å². The van der Waals surface area contributed by atoms with E-state index < -0.39 is 5.44 Å². The number of nitrogens with zero attached hydrogens (tertiary/aromatic N) is 1. The molecule has 0 saturated heterocycles. The average Bonchev–Trinajstić information content (AvgIpc) is 2.68. The zero-order chi connectivity index (χ0) is 9.19. The van der Waals surface area contributed by atoms with E-state index in [2.05, 4.69) is 0 Å². The zero-order valence-electron chi connectivity index (χ0n) is 6.91. The Balaban J connectivity index is 2.46. The van der Waals surface area contributed by atoms with E-state index >= 15 is 0 Å². The highest BCUT2D eigenvalue weighted by atomic mass is 32.2. The fraction of sp³-hybridized carbons (Fsp3) is 0.750. The van der Waals surface area contributed by atoms with Gasteiger partial charge in [0.2, 0.25) is 0 Å². The maximum absolute atomic E-state index is 10.7. The Bertz CT molecular complexity index is 230. The molecule has 1 N–H and O–H groups in total. The molecular weight excluding hydrogens is 174 g/mol. The van der Waals surface area contributed by atoms with Crippen molar-refractivity contribution in [2.45, 2.75) is 31.6 Å². The Kier molecular flexibility index (Phi) is 2.76. The quantitative estimate of drug-likeness (QED) is 0.673. The molecule has 66 valence electrons. The van der Waals surface area contributed by atoms with E-state index in [1.165, 1.54) is 6.92 Å². The number of nitriles is 1. The Morgan fingerprint density at radius 3 is 2.75 bits per heavy atom. The van der Waals surface area contributed by atoms with E-state index in [4.69, 9.17) is 5.26 Å². The predicted octanol–water partition coefficient (Wildman–Crippen LogP) is 1.28. The van der Waals surface area contributed by atoms with Crippen LogP contribution in [-0.4, -0.2) is 15.7 Å². The summed E-state index contributed by atoms with van der Waals surface area (Å²) in [5, 5.41) is 17.9. The summed E-state index contributed by atoms with van der Waals surface area (Å²) in [5.41, 5.74) is -0.958. The molecule has 1 unspecified atom stereocenters. The molecule has 0 amide bonds. The molecule has 0 aromatic carbocycles. The second-order valence-corrected chi connectivity index (χ2v) is 4.42. The molecule has 0 radical (unpaired) electrons. The van der Waals surface area contributed by atoms with Gasteiger partial charge in [-0.05, 0) is 12.8 Å². The summed E-state index contributed by atoms with van der Waals surface area (Å²) in [6.07, 6.45) is 2.08. The topological polar surface area (TPSA) is 61.1 Å². The molecule has 0 aliphatic heterocycles. The fourth-order valence-corrected chi connectivity index (χ4v) is 1.99. The van der Waals surface area contributed by atoms with Crippen LogP contribution >= 0.6 is 11.8 Å². The molecule has 1 rings (SSSR count). The summed E-state index contributed by atoms with van der Waals surface area (Å²) in [6.45, 7) is 1.43. The third-order valence-electron chi connectivity index (χ3n) is 2.12. The molecule has 1 atom stereocenters. The van der Waals surface area contributed by atoms with Gasteiger partial charge >= 0.3 is 0 Å². The molecule has 1 saturated carbocycles. The van der Waals surface area contributed by atoms with Crippen LogP contribution in [0, 0.1) is 16.7 Å². The number of thioether (sulfide) groups is 1. The molecule has 3 nitrogen and oxygen atoms in total. The van der Waals surface area contributed by atoms with Gasteiger partial charge in [-0.3, -0.25) is 4.79 Å². The lowest BCUT2D eigenvalue weighted by atomic mass is 10.1. The van der Waals surface area contributed by atoms with Crippen LogP contribution < -0.4 is 0 Å². The number of carbonyl (C=O) groups excluding carboxylic acids is 1. The van der Waals surface area contributed by atoms with Crippen molar-refractivity contribution < 1.29 is 9.90 Å². The highest BCUT2D eigenvalue weighted by Crippen LogP contribution is 2.54. The molecule has 0 aromatic heterocycles. The average molecular weight is 185 g/mol. The van der Waals surface area contributed by atoms with E-state index in [1.54, 1.807) is 0 Å². The van der Waals surface area contributed by atoms with Crippen LogP contribution in [0.3, 0.4) is 0 Å². The lowest BCUT2D eigenvalue weighted by molar-refractivity contribution is -0.109. The largest absolute Gasteiger partial charge is 0.381 e. The van der Waals surface area contributed by atoms with Gasteiger partial charge in [0.05, 0.1) is 6.07 Å². The van der Waals surface area contributed by atoms with Gasteiger partial charge in [0.25, 0.3) is 0 Å². The summed E-state index contributed by atoms with van der Waals surface area (Å²) in [7, 11) is 0. The van der Waals surface area contributed by atoms with E-state index in [1.807, 2.05) is 6.07 Å². The minimum Gasteiger partial charge on any atom is -0.381 e. The third-order valence-corrected chi connectivity index (χ3v) is 3.18. The molecule has 0 heterocycles. The van der Waals surface area contributed by atoms with E-state index in [0.717, 1.165) is 24.6 Å². The van der Waals surface area contributed by atoms with Gasteiger partial charge in [0, 0.05) is 18.8 Å². The van der Waals surface area contributed by atoms with Crippen LogP contribution in [-0.2, 0) is 4.79 Å². The number of carbonyl (C=O) groups is 1. The SMILES string of the molecule is CC(=O)SC(O)C1(CC#N)CC1. The van der Waals surface area contributed by atoms with Gasteiger partial charge in [-0.25, -0.2) is 0 Å². The van der Waals surface area contributed by atoms with Crippen LogP contribution in [0.4, 0.5) is 0 Å². The highest BCUT2D eigenvalue weighted by molar-refractivity contribution is 8.14. The van der Waals surface area contributed by atoms with Crippen molar-refractivity contribution in [3.63, 3.8) is 0 Å². The molecular formula is C8H11NO2S. The van der Waals surface area contributed by atoms with Crippen LogP contribution in [0.2, 0.25) is 0 Å². The summed E-state index contributed by atoms with van der Waals surface area (Å²) in [6, 6.07) is 2.04. The fourth-order valence-electron chi connectivity index (χ4n) is 1.11. The van der Waals surface area contributed by atoms with Crippen molar-refractivity contribution in [1.29, 1.82) is 5.26 Å². The van der Waals surface area contributed by atoms with Gasteiger partial charge in [0.1, 0.15) is 5.44 Å². The lowest BCUT2D eigenvalue weighted by Gasteiger charge is -2.16. The summed E-state index contributed by atoms with van der Waals surface area (Å²) >= 11 is 0.929. The second-order valence-electron chi connectivity index (χ2n) is 3.16. The van der Waals surface area contributed by atoms with Crippen molar-refractivity contribution in [3.8, 4) is 6.07 Å². The number of hydrogen-bond acceptors (Lipinski definition) is 4. The Morgan fingerprint density at radius 1 is 1.83 bits per heavy atom. The van der Waals surface area contributed by atoms with Gasteiger partial charge in [-0.1, -0.05) is 11.8 Å². The number of rotatable bonds is 3. The van der Waals surface area contributed by atoms with Crippen LogP contribution in [0.5, 0.6) is 0 Å². The van der Waals surface area contributed by atoms with Gasteiger partial charge < -0.3 is 5.11 Å². The van der Waals surface area contributed by atoms with Crippen LogP contribution in [0.15, 0.2) is 0 Å². The number of aliphatic hydroxyl groups is 1. The minimum atomic E-state index is -0.686. The van der Waals surface area contributed by atoms with Crippen molar-refractivity contribution in [3.05, 3.63) is 0 Å². The van der Waals surface area contributed by atoms with Gasteiger partial charge in [-0.2, -0.15) is 5.26 Å². The molecule has 0 bridgehead atoms. The third kappa shape index (κ3) is 1.99. The predicted molar refractivity (Wildman–Crippen MR) is 46.2 cm³/mol. The van der Waals surface area contributed by atoms with Gasteiger partial charge in [0.15, 0.2) is 5.12 Å². The molecule has 12 heavy (non-hydrogen) atoms. The number of hydrogen-bond donors (Lipinski definition) is 1. The number of aliphatic hydroxyl groups excluding tert-OH is 1. The first-order chi connectivity index (χ1) is 5.60. The molecule has 0 spiro atoms. The second kappa shape index (κ2) is 3.46.